The van der Waals surface area contributed by atoms with Crippen LogP contribution in [0.4, 0.5) is 5.69 Å². The van der Waals surface area contributed by atoms with Gasteiger partial charge in [-0.3, -0.25) is 4.79 Å². The van der Waals surface area contributed by atoms with E-state index in [9.17, 15) is 4.79 Å². The van der Waals surface area contributed by atoms with Gasteiger partial charge in [0.15, 0.2) is 0 Å². The van der Waals surface area contributed by atoms with E-state index in [4.69, 9.17) is 11.6 Å². The van der Waals surface area contributed by atoms with Crippen molar-refractivity contribution in [2.24, 2.45) is 0 Å². The number of amides is 1. The number of nitrogens with zero attached hydrogens (tertiary/aromatic N) is 1. The number of hydrogen-bond donors (Lipinski definition) is 1. The summed E-state index contributed by atoms with van der Waals surface area (Å²) in [5.41, 5.74) is 4.51. The van der Waals surface area contributed by atoms with Gasteiger partial charge in [0.1, 0.15) is 5.15 Å². The Labute approximate surface area is 133 Å². The molecule has 0 saturated carbocycles. The van der Waals surface area contributed by atoms with Gasteiger partial charge < -0.3 is 5.32 Å². The van der Waals surface area contributed by atoms with Crippen LogP contribution in [0.25, 0.3) is 10.9 Å². The van der Waals surface area contributed by atoms with Crippen LogP contribution >= 0.6 is 11.6 Å². The van der Waals surface area contributed by atoms with Gasteiger partial charge >= 0.3 is 0 Å². The monoisotopic (exact) mass is 310 g/mol. The lowest BCUT2D eigenvalue weighted by Crippen LogP contribution is -2.12. The molecule has 110 valence electrons. The normalized spacial score (nSPS) is 10.7. The van der Waals surface area contributed by atoms with Gasteiger partial charge in [0.2, 0.25) is 0 Å². The number of benzene rings is 2. The van der Waals surface area contributed by atoms with Crippen molar-refractivity contribution in [3.63, 3.8) is 0 Å². The Morgan fingerprint density at radius 3 is 2.59 bits per heavy atom. The van der Waals surface area contributed by atoms with E-state index in [2.05, 4.69) is 10.3 Å². The molecule has 0 bridgehead atoms. The molecule has 1 N–H and O–H groups in total. The first-order chi connectivity index (χ1) is 10.5. The maximum Gasteiger partial charge on any atom is 0.255 e. The number of nitrogens with one attached hydrogen (secondary N) is 1. The highest BCUT2D eigenvalue weighted by Crippen LogP contribution is 2.19. The van der Waals surface area contributed by atoms with Crippen LogP contribution in [-0.4, -0.2) is 10.9 Å². The molecule has 0 saturated heterocycles. The van der Waals surface area contributed by atoms with Crippen molar-refractivity contribution >= 4 is 34.1 Å². The topological polar surface area (TPSA) is 42.0 Å². The van der Waals surface area contributed by atoms with E-state index in [1.807, 2.05) is 44.2 Å². The summed E-state index contributed by atoms with van der Waals surface area (Å²) >= 11 is 5.87. The maximum atomic E-state index is 12.4. The minimum absolute atomic E-state index is 0.139. The van der Waals surface area contributed by atoms with E-state index >= 15 is 0 Å². The number of fused-ring (bicyclic) bond motifs is 1. The van der Waals surface area contributed by atoms with Crippen LogP contribution in [0.5, 0.6) is 0 Å². The van der Waals surface area contributed by atoms with Crippen LogP contribution < -0.4 is 5.32 Å². The fourth-order valence-electron chi connectivity index (χ4n) is 2.26. The zero-order chi connectivity index (χ0) is 15.7. The summed E-state index contributed by atoms with van der Waals surface area (Å²) in [7, 11) is 0. The fourth-order valence-corrected chi connectivity index (χ4v) is 2.42. The minimum Gasteiger partial charge on any atom is -0.322 e. The van der Waals surface area contributed by atoms with Crippen LogP contribution in [0.2, 0.25) is 5.15 Å². The smallest absolute Gasteiger partial charge is 0.255 e. The zero-order valence-electron chi connectivity index (χ0n) is 12.4. The van der Waals surface area contributed by atoms with Crippen molar-refractivity contribution in [3.05, 3.63) is 70.4 Å². The van der Waals surface area contributed by atoms with E-state index in [1.54, 1.807) is 18.2 Å². The molecule has 22 heavy (non-hydrogen) atoms. The quantitative estimate of drug-likeness (QED) is 0.694. The second kappa shape index (κ2) is 5.78. The lowest BCUT2D eigenvalue weighted by molar-refractivity contribution is 0.102. The summed E-state index contributed by atoms with van der Waals surface area (Å²) in [6, 6.07) is 14.8. The van der Waals surface area contributed by atoms with Crippen LogP contribution in [0.15, 0.2) is 48.5 Å². The molecule has 1 heterocycles. The molecule has 0 aliphatic carbocycles. The highest BCUT2D eigenvalue weighted by atomic mass is 35.5. The van der Waals surface area contributed by atoms with E-state index in [-0.39, 0.29) is 5.91 Å². The van der Waals surface area contributed by atoms with Crippen molar-refractivity contribution in [1.29, 1.82) is 0 Å². The van der Waals surface area contributed by atoms with E-state index in [0.717, 1.165) is 22.2 Å². The summed E-state index contributed by atoms with van der Waals surface area (Å²) in [6.45, 7) is 4.07. The first kappa shape index (κ1) is 14.5. The third-order valence-corrected chi connectivity index (χ3v) is 3.89. The first-order valence-corrected chi connectivity index (χ1v) is 7.36. The lowest BCUT2D eigenvalue weighted by Gasteiger charge is -2.08. The SMILES string of the molecule is Cc1ccc(NC(=O)c2ccc3nc(Cl)ccc3c2)cc1C. The van der Waals surface area contributed by atoms with Gasteiger partial charge in [-0.1, -0.05) is 17.7 Å². The lowest BCUT2D eigenvalue weighted by atomic mass is 10.1. The molecule has 0 unspecified atom stereocenters. The molecule has 0 aliphatic rings. The Morgan fingerprint density at radius 2 is 1.82 bits per heavy atom. The van der Waals surface area contributed by atoms with Gasteiger partial charge in [-0.15, -0.1) is 0 Å². The van der Waals surface area contributed by atoms with Crippen LogP contribution in [0.3, 0.4) is 0 Å². The third kappa shape index (κ3) is 2.95. The number of rotatable bonds is 2. The van der Waals surface area contributed by atoms with E-state index < -0.39 is 0 Å². The first-order valence-electron chi connectivity index (χ1n) is 6.98. The number of aromatic nitrogens is 1. The van der Waals surface area contributed by atoms with E-state index in [0.29, 0.717) is 10.7 Å². The molecule has 0 radical (unpaired) electrons. The summed E-state index contributed by atoms with van der Waals surface area (Å²) < 4.78 is 0. The van der Waals surface area contributed by atoms with Gasteiger partial charge in [0, 0.05) is 16.6 Å². The second-order valence-corrected chi connectivity index (χ2v) is 5.68. The molecule has 0 spiro atoms. The van der Waals surface area contributed by atoms with Gasteiger partial charge in [-0.2, -0.15) is 0 Å². The number of halogens is 1. The predicted octanol–water partition coefficient (Wildman–Crippen LogP) is 4.76. The second-order valence-electron chi connectivity index (χ2n) is 5.29. The molecular formula is C18H15ClN2O. The van der Waals surface area contributed by atoms with Crippen molar-refractivity contribution in [2.45, 2.75) is 13.8 Å². The van der Waals surface area contributed by atoms with Gasteiger partial charge in [0.25, 0.3) is 5.91 Å². The number of pyridine rings is 1. The van der Waals surface area contributed by atoms with Gasteiger partial charge in [0.05, 0.1) is 5.52 Å². The Kier molecular flexibility index (Phi) is 3.82. The van der Waals surface area contributed by atoms with Crippen molar-refractivity contribution in [1.82, 2.24) is 4.98 Å². The molecule has 1 amide bonds. The van der Waals surface area contributed by atoms with Crippen LogP contribution in [0.1, 0.15) is 21.5 Å². The highest BCUT2D eigenvalue weighted by molar-refractivity contribution is 6.29. The molecule has 3 aromatic rings. The average molecular weight is 311 g/mol. The summed E-state index contributed by atoms with van der Waals surface area (Å²) in [5.74, 6) is -0.139. The standard InChI is InChI=1S/C18H15ClN2O/c1-11-3-6-15(9-12(11)2)20-18(22)14-4-7-16-13(10-14)5-8-17(19)21-16/h3-10H,1-2H3,(H,20,22). The molecule has 0 aliphatic heterocycles. The summed E-state index contributed by atoms with van der Waals surface area (Å²) in [6.07, 6.45) is 0. The Balaban J connectivity index is 1.88. The average Bonchev–Trinajstić information content (AvgIpc) is 2.50. The zero-order valence-corrected chi connectivity index (χ0v) is 13.1. The maximum absolute atomic E-state index is 12.4. The largest absolute Gasteiger partial charge is 0.322 e. The molecule has 0 fully saturated rings. The summed E-state index contributed by atoms with van der Waals surface area (Å²) in [4.78, 5) is 16.6. The fraction of sp³-hybridized carbons (Fsp3) is 0.111. The number of carbonyl (C=O) groups excluding carboxylic acids is 1. The Hall–Kier alpha value is -2.39. The Bertz CT molecular complexity index is 874. The van der Waals surface area contributed by atoms with Crippen LogP contribution in [0, 0.1) is 13.8 Å². The molecule has 4 heteroatoms. The minimum atomic E-state index is -0.139. The third-order valence-electron chi connectivity index (χ3n) is 3.68. The molecule has 3 rings (SSSR count). The van der Waals surface area contributed by atoms with Gasteiger partial charge in [-0.05, 0) is 67.4 Å². The van der Waals surface area contributed by atoms with E-state index in [1.165, 1.54) is 5.56 Å². The molecule has 0 atom stereocenters. The van der Waals surface area contributed by atoms with Crippen molar-refractivity contribution in [2.75, 3.05) is 5.32 Å². The van der Waals surface area contributed by atoms with Crippen molar-refractivity contribution in [3.8, 4) is 0 Å². The number of hydrogen-bond acceptors (Lipinski definition) is 2. The summed E-state index contributed by atoms with van der Waals surface area (Å²) in [5, 5.41) is 4.25. The van der Waals surface area contributed by atoms with Gasteiger partial charge in [-0.25, -0.2) is 4.98 Å². The molecule has 2 aromatic carbocycles. The molecule has 3 nitrogen and oxygen atoms in total. The highest BCUT2D eigenvalue weighted by Gasteiger charge is 2.08. The molecular weight excluding hydrogens is 296 g/mol. The predicted molar refractivity (Wildman–Crippen MR) is 90.6 cm³/mol. The molecule has 1 aromatic heterocycles. The number of carbonyl (C=O) groups is 1. The number of aryl methyl sites for hydroxylation is 2. The Morgan fingerprint density at radius 1 is 1.00 bits per heavy atom. The van der Waals surface area contributed by atoms with Crippen LogP contribution in [-0.2, 0) is 0 Å². The number of anilines is 1. The van der Waals surface area contributed by atoms with Crippen molar-refractivity contribution < 1.29 is 4.79 Å².